The fourth-order valence-electron chi connectivity index (χ4n) is 5.16. The number of nitrogens with zero attached hydrogens (tertiary/aromatic N) is 4. The highest BCUT2D eigenvalue weighted by atomic mass is 16.5. The van der Waals surface area contributed by atoms with Crippen molar-refractivity contribution in [2.45, 2.75) is 44.7 Å². The minimum Gasteiger partial charge on any atom is -0.497 e. The smallest absolute Gasteiger partial charge is 0.254 e. The third-order valence-electron chi connectivity index (χ3n) is 6.95. The summed E-state index contributed by atoms with van der Waals surface area (Å²) in [7, 11) is 1.65. The highest BCUT2D eigenvalue weighted by molar-refractivity contribution is 5.96. The topological polar surface area (TPSA) is 58.6 Å². The quantitative estimate of drug-likeness (QED) is 0.516. The Balaban J connectivity index is 1.39. The van der Waals surface area contributed by atoms with Crippen molar-refractivity contribution in [1.29, 1.82) is 0 Å². The van der Waals surface area contributed by atoms with E-state index in [9.17, 15) is 4.79 Å². The summed E-state index contributed by atoms with van der Waals surface area (Å²) in [6.07, 6.45) is 7.48. The second kappa shape index (κ2) is 10.3. The van der Waals surface area contributed by atoms with E-state index in [0.29, 0.717) is 5.82 Å². The average Bonchev–Trinajstić information content (AvgIpc) is 3.39. The van der Waals surface area contributed by atoms with Gasteiger partial charge in [-0.15, -0.1) is 0 Å². The molecule has 0 spiro atoms. The monoisotopic (exact) mass is 456 g/mol. The highest BCUT2D eigenvalue weighted by Gasteiger charge is 2.33. The summed E-state index contributed by atoms with van der Waals surface area (Å²) in [6.45, 7) is 3.82. The van der Waals surface area contributed by atoms with Crippen LogP contribution in [0.15, 0.2) is 60.8 Å². The Kier molecular flexibility index (Phi) is 6.86. The molecule has 1 amide bonds. The molecule has 2 aliphatic rings. The van der Waals surface area contributed by atoms with Gasteiger partial charge in [-0.3, -0.25) is 9.69 Å². The van der Waals surface area contributed by atoms with Crippen LogP contribution in [0.1, 0.15) is 59.8 Å². The Morgan fingerprint density at radius 2 is 1.85 bits per heavy atom. The number of likely N-dealkylation sites (tertiary alicyclic amines) is 2. The number of carbonyl (C=O) groups excluding carboxylic acids is 1. The molecule has 1 atom stereocenters. The van der Waals surface area contributed by atoms with Crippen LogP contribution in [-0.2, 0) is 6.54 Å². The molecule has 0 unspecified atom stereocenters. The Hall–Kier alpha value is -3.25. The van der Waals surface area contributed by atoms with E-state index < -0.39 is 0 Å². The van der Waals surface area contributed by atoms with E-state index in [1.165, 1.54) is 19.3 Å². The maximum Gasteiger partial charge on any atom is 0.254 e. The summed E-state index contributed by atoms with van der Waals surface area (Å²) in [5, 5.41) is 0. The maximum absolute atomic E-state index is 13.8. The number of piperidine rings is 1. The lowest BCUT2D eigenvalue weighted by molar-refractivity contribution is 0.0730. The van der Waals surface area contributed by atoms with Crippen LogP contribution in [0.4, 0.5) is 0 Å². The zero-order chi connectivity index (χ0) is 23.3. The molecule has 34 heavy (non-hydrogen) atoms. The van der Waals surface area contributed by atoms with Gasteiger partial charge in [-0.05, 0) is 68.6 Å². The number of hydrogen-bond donors (Lipinski definition) is 0. The molecule has 6 heteroatoms. The van der Waals surface area contributed by atoms with Crippen LogP contribution in [0, 0.1) is 0 Å². The first-order valence-electron chi connectivity index (χ1n) is 12.3. The first-order chi connectivity index (χ1) is 16.7. The third kappa shape index (κ3) is 4.82. The number of amides is 1. The Morgan fingerprint density at radius 3 is 2.71 bits per heavy atom. The van der Waals surface area contributed by atoms with E-state index in [0.717, 1.165) is 67.2 Å². The van der Waals surface area contributed by atoms with Gasteiger partial charge in [0.2, 0.25) is 0 Å². The molecule has 1 aromatic heterocycles. The molecule has 2 aromatic carbocycles. The van der Waals surface area contributed by atoms with E-state index >= 15 is 0 Å². The number of methoxy groups -OCH3 is 1. The van der Waals surface area contributed by atoms with Crippen molar-refractivity contribution in [1.82, 2.24) is 19.8 Å². The van der Waals surface area contributed by atoms with Crippen molar-refractivity contribution >= 4 is 5.91 Å². The molecule has 2 saturated heterocycles. The van der Waals surface area contributed by atoms with Gasteiger partial charge in [-0.2, -0.15) is 0 Å². The zero-order valence-electron chi connectivity index (χ0n) is 19.8. The normalized spacial score (nSPS) is 18.7. The predicted octanol–water partition coefficient (Wildman–Crippen LogP) is 5.12. The number of ether oxygens (including phenoxy) is 1. The molecule has 0 aliphatic carbocycles. The first kappa shape index (κ1) is 22.5. The van der Waals surface area contributed by atoms with Gasteiger partial charge in [0, 0.05) is 30.4 Å². The molecule has 2 aliphatic heterocycles. The lowest BCUT2D eigenvalue weighted by Gasteiger charge is -2.29. The van der Waals surface area contributed by atoms with Crippen molar-refractivity contribution in [2.24, 2.45) is 0 Å². The predicted molar refractivity (Wildman–Crippen MR) is 133 cm³/mol. The van der Waals surface area contributed by atoms with Crippen LogP contribution >= 0.6 is 0 Å². The Labute approximate surface area is 201 Å². The van der Waals surface area contributed by atoms with Crippen LogP contribution in [-0.4, -0.2) is 52.4 Å². The summed E-state index contributed by atoms with van der Waals surface area (Å²) in [5.41, 5.74) is 3.75. The van der Waals surface area contributed by atoms with Gasteiger partial charge in [-0.1, -0.05) is 36.8 Å². The number of benzene rings is 2. The molecule has 2 fully saturated rings. The highest BCUT2D eigenvalue weighted by Crippen LogP contribution is 2.34. The fourth-order valence-corrected chi connectivity index (χ4v) is 5.16. The lowest BCUT2D eigenvalue weighted by atomic mass is 10.0. The molecule has 176 valence electrons. The zero-order valence-corrected chi connectivity index (χ0v) is 19.8. The van der Waals surface area contributed by atoms with Crippen LogP contribution in [0.2, 0.25) is 0 Å². The first-order valence-corrected chi connectivity index (χ1v) is 12.3. The molecular weight excluding hydrogens is 424 g/mol. The second-order valence-corrected chi connectivity index (χ2v) is 9.19. The fraction of sp³-hybridized carbons (Fsp3) is 0.393. The molecule has 5 rings (SSSR count). The van der Waals surface area contributed by atoms with Crippen LogP contribution in [0.5, 0.6) is 5.75 Å². The number of rotatable bonds is 6. The summed E-state index contributed by atoms with van der Waals surface area (Å²) in [4.78, 5) is 27.6. The molecular formula is C28H32N4O2. The maximum atomic E-state index is 13.8. The standard InChI is InChI=1S/C28H32N4O2/c1-34-23-11-7-10-21(19-23)27-29-15-14-25(30-27)26-13-8-18-32(26)28(33)24-12-4-3-9-22(24)20-31-16-5-2-6-17-31/h3-4,7,9-12,14-15,19,26H,2,5-6,8,13,16-18,20H2,1H3/t26-/m1/s1. The van der Waals surface area contributed by atoms with Crippen molar-refractivity contribution in [3.8, 4) is 17.1 Å². The van der Waals surface area contributed by atoms with Gasteiger partial charge < -0.3 is 9.64 Å². The average molecular weight is 457 g/mol. The summed E-state index contributed by atoms with van der Waals surface area (Å²) < 4.78 is 5.36. The van der Waals surface area contributed by atoms with Crippen LogP contribution in [0.3, 0.4) is 0 Å². The molecule has 0 radical (unpaired) electrons. The van der Waals surface area contributed by atoms with E-state index in [1.807, 2.05) is 53.4 Å². The van der Waals surface area contributed by atoms with Gasteiger partial charge >= 0.3 is 0 Å². The minimum atomic E-state index is -0.0390. The SMILES string of the molecule is COc1cccc(-c2nccc([C@H]3CCCN3C(=O)c3ccccc3CN3CCCCC3)n2)c1. The number of hydrogen-bond acceptors (Lipinski definition) is 5. The van der Waals surface area contributed by atoms with E-state index in [2.05, 4.69) is 16.0 Å². The van der Waals surface area contributed by atoms with Gasteiger partial charge in [0.1, 0.15) is 5.75 Å². The van der Waals surface area contributed by atoms with Gasteiger partial charge in [0.25, 0.3) is 5.91 Å². The second-order valence-electron chi connectivity index (χ2n) is 9.19. The van der Waals surface area contributed by atoms with E-state index in [-0.39, 0.29) is 11.9 Å². The largest absolute Gasteiger partial charge is 0.497 e. The Morgan fingerprint density at radius 1 is 1.00 bits per heavy atom. The van der Waals surface area contributed by atoms with Crippen LogP contribution < -0.4 is 4.74 Å². The lowest BCUT2D eigenvalue weighted by Crippen LogP contribution is -2.33. The summed E-state index contributed by atoms with van der Waals surface area (Å²) in [5.74, 6) is 1.53. The van der Waals surface area contributed by atoms with Gasteiger partial charge in [-0.25, -0.2) is 9.97 Å². The molecule has 3 heterocycles. The minimum absolute atomic E-state index is 0.0390. The summed E-state index contributed by atoms with van der Waals surface area (Å²) in [6, 6.07) is 17.8. The van der Waals surface area contributed by atoms with Crippen molar-refractivity contribution in [3.63, 3.8) is 0 Å². The number of carbonyl (C=O) groups is 1. The molecule has 3 aromatic rings. The summed E-state index contributed by atoms with van der Waals surface area (Å²) >= 11 is 0. The van der Waals surface area contributed by atoms with Gasteiger partial charge in [0.15, 0.2) is 5.82 Å². The van der Waals surface area contributed by atoms with Gasteiger partial charge in [0.05, 0.1) is 18.8 Å². The van der Waals surface area contributed by atoms with Crippen molar-refractivity contribution < 1.29 is 9.53 Å². The van der Waals surface area contributed by atoms with E-state index in [1.54, 1.807) is 13.3 Å². The van der Waals surface area contributed by atoms with Crippen molar-refractivity contribution in [2.75, 3.05) is 26.7 Å². The molecule has 0 bridgehead atoms. The Bertz CT molecular complexity index is 1140. The van der Waals surface area contributed by atoms with E-state index in [4.69, 9.17) is 9.72 Å². The number of aromatic nitrogens is 2. The van der Waals surface area contributed by atoms with Crippen molar-refractivity contribution in [3.05, 3.63) is 77.6 Å². The molecule has 0 N–H and O–H groups in total. The third-order valence-corrected chi connectivity index (χ3v) is 6.95. The molecule has 6 nitrogen and oxygen atoms in total. The van der Waals surface area contributed by atoms with Crippen LogP contribution in [0.25, 0.3) is 11.4 Å². The molecule has 0 saturated carbocycles.